The Hall–Kier alpha value is -0.414. The molecule has 5 nitrogen and oxygen atoms in total. The Kier molecular flexibility index (Phi) is 10.4. The van der Waals surface area contributed by atoms with E-state index in [4.69, 9.17) is 4.74 Å². The predicted octanol–water partition coefficient (Wildman–Crippen LogP) is 1.32. The van der Waals surface area contributed by atoms with Gasteiger partial charge in [-0.05, 0) is 42.7 Å². The van der Waals surface area contributed by atoms with E-state index >= 15 is 0 Å². The van der Waals surface area contributed by atoms with E-state index in [9.17, 15) is 18.1 Å². The fourth-order valence-electron chi connectivity index (χ4n) is 2.65. The summed E-state index contributed by atoms with van der Waals surface area (Å²) in [5.41, 5.74) is 0.500. The Labute approximate surface area is 198 Å². The van der Waals surface area contributed by atoms with Crippen LogP contribution in [-0.2, 0) is 16.5 Å². The molecular formula is C19H23KO5S. The van der Waals surface area contributed by atoms with Gasteiger partial charge in [-0.2, -0.15) is 8.42 Å². The van der Waals surface area contributed by atoms with Crippen molar-refractivity contribution in [1.29, 1.82) is 0 Å². The summed E-state index contributed by atoms with van der Waals surface area (Å²) in [7, 11) is -4.30. The van der Waals surface area contributed by atoms with Crippen LogP contribution in [0, 0.1) is 0 Å². The number of hydrogen-bond acceptors (Lipinski definition) is 4. The normalized spacial score (nSPS) is 11.0. The van der Waals surface area contributed by atoms with E-state index in [0.29, 0.717) is 17.7 Å². The van der Waals surface area contributed by atoms with Gasteiger partial charge in [-0.3, -0.25) is 4.55 Å². The molecule has 0 radical (unpaired) electrons. The number of hydrogen-bond donors (Lipinski definition) is 1. The summed E-state index contributed by atoms with van der Waals surface area (Å²) in [5, 5.41) is 11.7. The molecule has 0 unspecified atom stereocenters. The summed E-state index contributed by atoms with van der Waals surface area (Å²) in [5.74, 6) is 0.303. The Morgan fingerprint density at radius 1 is 1.04 bits per heavy atom. The minimum atomic E-state index is -4.30. The van der Waals surface area contributed by atoms with Crippen LogP contribution in [0.2, 0.25) is 0 Å². The first-order chi connectivity index (χ1) is 11.9. The molecule has 0 aliphatic carbocycles. The van der Waals surface area contributed by atoms with Gasteiger partial charge in [0.25, 0.3) is 10.1 Å². The molecular weight excluding hydrogens is 379 g/mol. The van der Waals surface area contributed by atoms with Crippen LogP contribution in [0.5, 0.6) is 17.2 Å². The summed E-state index contributed by atoms with van der Waals surface area (Å²) < 4.78 is 38.1. The molecule has 0 heterocycles. The molecule has 2 rings (SSSR count). The van der Waals surface area contributed by atoms with Gasteiger partial charge in [-0.1, -0.05) is 56.6 Å². The molecule has 0 atom stereocenters. The van der Waals surface area contributed by atoms with Gasteiger partial charge in [0.1, 0.15) is 11.5 Å². The van der Waals surface area contributed by atoms with Gasteiger partial charge in [-0.15, -0.1) is 0 Å². The second-order valence-corrected chi connectivity index (χ2v) is 7.35. The molecule has 2 aromatic rings. The van der Waals surface area contributed by atoms with Crippen LogP contribution in [0.1, 0.15) is 44.6 Å². The van der Waals surface area contributed by atoms with Crippen molar-refractivity contribution >= 4 is 10.1 Å². The maximum Gasteiger partial charge on any atom is 1.00 e. The van der Waals surface area contributed by atoms with Crippen molar-refractivity contribution in [3.05, 3.63) is 48.0 Å². The smallest absolute Gasteiger partial charge is 0.870 e. The van der Waals surface area contributed by atoms with E-state index in [1.807, 2.05) is 0 Å². The minimum absolute atomic E-state index is 0. The van der Waals surface area contributed by atoms with E-state index < -0.39 is 10.1 Å². The van der Waals surface area contributed by atoms with E-state index in [-0.39, 0.29) is 67.8 Å². The molecule has 0 fully saturated rings. The molecule has 2 aromatic carbocycles. The van der Waals surface area contributed by atoms with Gasteiger partial charge < -0.3 is 9.84 Å². The number of aryl methyl sites for hydroxylation is 1. The van der Waals surface area contributed by atoms with Crippen molar-refractivity contribution in [3.8, 4) is 17.2 Å². The van der Waals surface area contributed by atoms with Crippen LogP contribution in [0.25, 0.3) is 0 Å². The van der Waals surface area contributed by atoms with Gasteiger partial charge in [0.15, 0.2) is 0 Å². The fraction of sp³-hybridized carbons (Fsp3) is 0.368. The van der Waals surface area contributed by atoms with Crippen molar-refractivity contribution < 1.29 is 74.2 Å². The first-order valence-corrected chi connectivity index (χ1v) is 9.90. The Balaban J connectivity index is 0.00000338. The average molecular weight is 403 g/mol. The number of para-hydroxylation sites is 2. The standard InChI is InChI=1S/C19H24O5S.K/c1-2-3-4-5-6-9-15-14-16(12-13-19(15)25(21,22)23)24-18-11-8-7-10-17(18)20;/h7-8,10-14,20H,2-6,9H2,1H3,(H,21,22,23);/q;+1/p-1. The predicted molar refractivity (Wildman–Crippen MR) is 94.7 cm³/mol. The van der Waals surface area contributed by atoms with Crippen molar-refractivity contribution in [2.24, 2.45) is 0 Å². The minimum Gasteiger partial charge on any atom is -0.870 e. The second kappa shape index (κ2) is 11.4. The quantitative estimate of drug-likeness (QED) is 0.388. The van der Waals surface area contributed by atoms with E-state index in [2.05, 4.69) is 6.92 Å². The molecule has 7 heteroatoms. The molecule has 136 valence electrons. The van der Waals surface area contributed by atoms with E-state index in [1.165, 1.54) is 18.2 Å². The third-order valence-electron chi connectivity index (χ3n) is 3.94. The third kappa shape index (κ3) is 7.30. The average Bonchev–Trinajstić information content (AvgIpc) is 2.56. The molecule has 0 amide bonds. The molecule has 0 saturated carbocycles. The Morgan fingerprint density at radius 3 is 2.38 bits per heavy atom. The van der Waals surface area contributed by atoms with Gasteiger partial charge in [0, 0.05) is 0 Å². The molecule has 0 spiro atoms. The van der Waals surface area contributed by atoms with Crippen LogP contribution in [0.15, 0.2) is 47.4 Å². The zero-order chi connectivity index (χ0) is 18.3. The number of unbranched alkanes of at least 4 members (excludes halogenated alkanes) is 4. The summed E-state index contributed by atoms with van der Waals surface area (Å²) in [6, 6.07) is 10.6. The van der Waals surface area contributed by atoms with Crippen LogP contribution < -0.4 is 61.2 Å². The number of ether oxygens (including phenoxy) is 1. The summed E-state index contributed by atoms with van der Waals surface area (Å²) in [6.45, 7) is 2.13. The largest absolute Gasteiger partial charge is 1.00 e. The first-order valence-electron chi connectivity index (χ1n) is 8.46. The van der Waals surface area contributed by atoms with E-state index in [1.54, 1.807) is 24.3 Å². The SMILES string of the molecule is CCCCCCCc1cc(Oc2ccccc2[O-])ccc1S(=O)(=O)O.[K+]. The molecule has 0 aliphatic rings. The molecule has 1 N–H and O–H groups in total. The van der Waals surface area contributed by atoms with Crippen LogP contribution >= 0.6 is 0 Å². The molecule has 0 aromatic heterocycles. The molecule has 0 saturated heterocycles. The second-order valence-electron chi connectivity index (χ2n) is 5.96. The van der Waals surface area contributed by atoms with Crippen molar-refractivity contribution in [3.63, 3.8) is 0 Å². The summed E-state index contributed by atoms with van der Waals surface area (Å²) in [6.07, 6.45) is 5.71. The molecule has 0 aliphatic heterocycles. The van der Waals surface area contributed by atoms with Crippen molar-refractivity contribution in [2.75, 3.05) is 0 Å². The summed E-state index contributed by atoms with van der Waals surface area (Å²) >= 11 is 0. The van der Waals surface area contributed by atoms with Crippen LogP contribution in [-0.4, -0.2) is 13.0 Å². The van der Waals surface area contributed by atoms with Crippen molar-refractivity contribution in [2.45, 2.75) is 50.3 Å². The zero-order valence-corrected chi connectivity index (χ0v) is 19.2. The molecule has 0 bridgehead atoms. The van der Waals surface area contributed by atoms with E-state index in [0.717, 1.165) is 32.1 Å². The topological polar surface area (TPSA) is 86.7 Å². The monoisotopic (exact) mass is 402 g/mol. The van der Waals surface area contributed by atoms with Gasteiger partial charge in [0.05, 0.1) is 4.90 Å². The summed E-state index contributed by atoms with van der Waals surface area (Å²) in [4.78, 5) is -0.106. The van der Waals surface area contributed by atoms with Gasteiger partial charge >= 0.3 is 51.4 Å². The maximum atomic E-state index is 11.7. The molecule has 26 heavy (non-hydrogen) atoms. The number of rotatable bonds is 9. The van der Waals surface area contributed by atoms with Gasteiger partial charge in [0.2, 0.25) is 0 Å². The maximum absolute atomic E-state index is 11.7. The van der Waals surface area contributed by atoms with Crippen LogP contribution in [0.3, 0.4) is 0 Å². The fourth-order valence-corrected chi connectivity index (χ4v) is 3.38. The number of benzene rings is 2. The zero-order valence-electron chi connectivity index (χ0n) is 15.3. The van der Waals surface area contributed by atoms with Crippen molar-refractivity contribution in [1.82, 2.24) is 0 Å². The Bertz CT molecular complexity index is 805. The van der Waals surface area contributed by atoms with Gasteiger partial charge in [-0.25, -0.2) is 0 Å². The first kappa shape index (κ1) is 23.6. The third-order valence-corrected chi connectivity index (χ3v) is 4.89. The van der Waals surface area contributed by atoms with Crippen LogP contribution in [0.4, 0.5) is 0 Å². The Morgan fingerprint density at radius 2 is 1.73 bits per heavy atom.